The standard InChI is InChI=1S/C15H12F2N2O5S3/c1-27(22,23)19-11-4-2-8(14(20)18-26-15(21)25)6-13(11)24-12-5-3-9(16)7-10(12)17/h2-7,19,26H,1H3,(H,21,25). The molecule has 0 bridgehead atoms. The van der Waals surface area contributed by atoms with Gasteiger partial charge in [0.05, 0.1) is 11.9 Å². The van der Waals surface area contributed by atoms with Gasteiger partial charge in [-0.25, -0.2) is 17.2 Å². The van der Waals surface area contributed by atoms with Crippen LogP contribution in [0.3, 0.4) is 0 Å². The monoisotopic (exact) mass is 434 g/mol. The molecule has 2 aromatic rings. The highest BCUT2D eigenvalue weighted by Crippen LogP contribution is 2.33. The molecule has 0 unspecified atom stereocenters. The average Bonchev–Trinajstić information content (AvgIpc) is 2.55. The predicted octanol–water partition coefficient (Wildman–Crippen LogP) is 3.11. The average molecular weight is 434 g/mol. The number of anilines is 1. The zero-order valence-electron chi connectivity index (χ0n) is 13.5. The fourth-order valence-corrected chi connectivity index (χ4v) is 2.83. The lowest BCUT2D eigenvalue weighted by molar-refractivity contribution is 0.101. The minimum Gasteiger partial charge on any atom is -0.494 e. The molecule has 0 radical (unpaired) electrons. The van der Waals surface area contributed by atoms with Crippen LogP contribution in [0.1, 0.15) is 10.4 Å². The smallest absolute Gasteiger partial charge is 0.283 e. The van der Waals surface area contributed by atoms with Crippen LogP contribution < -0.4 is 9.46 Å². The van der Waals surface area contributed by atoms with Crippen molar-refractivity contribution in [3.05, 3.63) is 53.6 Å². The lowest BCUT2D eigenvalue weighted by Crippen LogP contribution is -2.11. The number of ether oxygens (including phenoxy) is 1. The van der Waals surface area contributed by atoms with Gasteiger partial charge in [-0.1, -0.05) is 0 Å². The summed E-state index contributed by atoms with van der Waals surface area (Å²) >= 11 is 4.27. The number of aliphatic hydroxyl groups is 1. The lowest BCUT2D eigenvalue weighted by Gasteiger charge is -2.13. The van der Waals surface area contributed by atoms with E-state index in [4.69, 9.17) is 9.84 Å². The van der Waals surface area contributed by atoms with Crippen LogP contribution in [-0.4, -0.2) is 30.1 Å². The Labute approximate surface area is 162 Å². The van der Waals surface area contributed by atoms with Gasteiger partial charge in [0.25, 0.3) is 5.91 Å². The predicted molar refractivity (Wildman–Crippen MR) is 102 cm³/mol. The Hall–Kier alpha value is -2.44. The third kappa shape index (κ3) is 6.34. The van der Waals surface area contributed by atoms with Crippen LogP contribution in [0, 0.1) is 11.6 Å². The van der Waals surface area contributed by atoms with Gasteiger partial charge in [-0.05, 0) is 54.1 Å². The molecule has 0 saturated carbocycles. The number of nitrogens with one attached hydrogen (secondary N) is 1. The summed E-state index contributed by atoms with van der Waals surface area (Å²) in [6.45, 7) is 0. The number of hydrogen-bond donors (Lipinski definition) is 3. The summed E-state index contributed by atoms with van der Waals surface area (Å²) in [7, 11) is -3.71. The molecular formula is C15H12F2N2O5S3. The number of aliphatic hydroxyl groups excluding tert-OH is 1. The maximum absolute atomic E-state index is 13.8. The summed E-state index contributed by atoms with van der Waals surface area (Å²) in [6.07, 6.45) is 0.894. The third-order valence-electron chi connectivity index (χ3n) is 2.86. The van der Waals surface area contributed by atoms with E-state index in [1.54, 1.807) is 0 Å². The van der Waals surface area contributed by atoms with Crippen molar-refractivity contribution >= 4 is 49.8 Å². The van der Waals surface area contributed by atoms with E-state index in [0.29, 0.717) is 6.07 Å². The zero-order chi connectivity index (χ0) is 20.2. The van der Waals surface area contributed by atoms with Crippen LogP contribution in [-0.2, 0) is 21.6 Å². The minimum atomic E-state index is -3.71. The van der Waals surface area contributed by atoms with Crippen molar-refractivity contribution in [1.29, 1.82) is 0 Å². The number of halogens is 2. The van der Waals surface area contributed by atoms with Gasteiger partial charge in [-0.2, -0.15) is 4.36 Å². The molecule has 0 atom stereocenters. The summed E-state index contributed by atoms with van der Waals surface area (Å²) in [4.78, 5) is 12.0. The van der Waals surface area contributed by atoms with Crippen LogP contribution in [0.25, 0.3) is 0 Å². The number of rotatable bonds is 5. The van der Waals surface area contributed by atoms with Crippen LogP contribution in [0.15, 0.2) is 40.8 Å². The summed E-state index contributed by atoms with van der Waals surface area (Å²) in [5.41, 5.74) is -0.108. The molecule has 0 spiro atoms. The molecule has 0 fully saturated rings. The van der Waals surface area contributed by atoms with Gasteiger partial charge in [0.15, 0.2) is 17.3 Å². The van der Waals surface area contributed by atoms with Crippen molar-refractivity contribution in [3.63, 3.8) is 0 Å². The number of benzene rings is 2. The molecule has 0 heterocycles. The van der Waals surface area contributed by atoms with Crippen molar-refractivity contribution in [3.8, 4) is 11.5 Å². The number of sulfonamides is 1. The van der Waals surface area contributed by atoms with Gasteiger partial charge in [0, 0.05) is 11.6 Å². The van der Waals surface area contributed by atoms with Gasteiger partial charge in [0.2, 0.25) is 14.4 Å². The maximum Gasteiger partial charge on any atom is 0.283 e. The number of hydrogen-bond acceptors (Lipinski definition) is 5. The van der Waals surface area contributed by atoms with E-state index in [0.717, 1.165) is 24.5 Å². The Morgan fingerprint density at radius 2 is 1.93 bits per heavy atom. The largest absolute Gasteiger partial charge is 0.494 e. The van der Waals surface area contributed by atoms with Gasteiger partial charge in [-0.15, -0.1) is 0 Å². The Morgan fingerprint density at radius 1 is 1.22 bits per heavy atom. The molecule has 2 aromatic carbocycles. The Kier molecular flexibility index (Phi) is 6.57. The van der Waals surface area contributed by atoms with Gasteiger partial charge >= 0.3 is 0 Å². The second-order valence-corrected chi connectivity index (χ2v) is 8.31. The molecule has 0 saturated heterocycles. The van der Waals surface area contributed by atoms with E-state index in [1.807, 2.05) is 0 Å². The fourth-order valence-electron chi connectivity index (χ4n) is 1.85. The molecule has 2 N–H and O–H groups in total. The first-order valence-electron chi connectivity index (χ1n) is 6.99. The molecule has 0 aromatic heterocycles. The Morgan fingerprint density at radius 3 is 2.52 bits per heavy atom. The van der Waals surface area contributed by atoms with Crippen LogP contribution >= 0.6 is 12.2 Å². The summed E-state index contributed by atoms with van der Waals surface area (Å²) in [5.74, 6) is -3.22. The van der Waals surface area contributed by atoms with E-state index < -0.39 is 31.9 Å². The first kappa shape index (κ1) is 20.9. The van der Waals surface area contributed by atoms with E-state index >= 15 is 0 Å². The SMILES string of the molecule is CS(=O)(=O)Nc1ccc(C(=O)N=[SH]C(O)=S)cc1Oc1ccc(F)cc1F. The van der Waals surface area contributed by atoms with Crippen LogP contribution in [0.4, 0.5) is 14.5 Å². The van der Waals surface area contributed by atoms with E-state index in [-0.39, 0.29) is 34.3 Å². The third-order valence-corrected chi connectivity index (χ3v) is 4.15. The molecule has 12 heteroatoms. The summed E-state index contributed by atoms with van der Waals surface area (Å²) in [5, 5.41) is 8.92. The first-order chi connectivity index (χ1) is 12.5. The summed E-state index contributed by atoms with van der Waals surface area (Å²) < 4.78 is 60.3. The van der Waals surface area contributed by atoms with E-state index in [1.165, 1.54) is 12.1 Å². The molecule has 7 nitrogen and oxygen atoms in total. The van der Waals surface area contributed by atoms with Crippen molar-refractivity contribution in [1.82, 2.24) is 0 Å². The molecule has 2 rings (SSSR count). The molecule has 0 aliphatic carbocycles. The van der Waals surface area contributed by atoms with Gasteiger partial charge in [-0.3, -0.25) is 9.52 Å². The van der Waals surface area contributed by atoms with Crippen molar-refractivity contribution < 1.29 is 31.8 Å². The zero-order valence-corrected chi connectivity index (χ0v) is 16.0. The Bertz CT molecular complexity index is 1040. The highest BCUT2D eigenvalue weighted by Gasteiger charge is 2.15. The van der Waals surface area contributed by atoms with Gasteiger partial charge < -0.3 is 9.84 Å². The van der Waals surface area contributed by atoms with Crippen molar-refractivity contribution in [2.75, 3.05) is 11.0 Å². The number of thiocarbonyl (C=S) groups is 1. The van der Waals surface area contributed by atoms with Crippen molar-refractivity contribution in [2.24, 2.45) is 4.36 Å². The number of nitrogens with zero attached hydrogens (tertiary/aromatic N) is 1. The number of carbonyl (C=O) groups is 1. The molecular weight excluding hydrogens is 422 g/mol. The van der Waals surface area contributed by atoms with E-state index in [2.05, 4.69) is 21.3 Å². The first-order valence-corrected chi connectivity index (χ1v) is 10.1. The minimum absolute atomic E-state index is 0.0321. The quantitative estimate of drug-likeness (QED) is 0.493. The van der Waals surface area contributed by atoms with E-state index in [9.17, 15) is 22.0 Å². The number of thiol groups is 1. The lowest BCUT2D eigenvalue weighted by atomic mass is 10.2. The van der Waals surface area contributed by atoms with Crippen molar-refractivity contribution in [2.45, 2.75) is 0 Å². The summed E-state index contributed by atoms with van der Waals surface area (Å²) in [6, 6.07) is 6.14. The molecule has 27 heavy (non-hydrogen) atoms. The fraction of sp³-hybridized carbons (Fsp3) is 0.0667. The number of carbonyl (C=O) groups excluding carboxylic acids is 1. The highest BCUT2D eigenvalue weighted by atomic mass is 32.2. The second-order valence-electron chi connectivity index (χ2n) is 5.05. The second kappa shape index (κ2) is 8.50. The normalized spacial score (nSPS) is 11.7. The highest BCUT2D eigenvalue weighted by molar-refractivity contribution is 8.03. The molecule has 0 aliphatic rings. The maximum atomic E-state index is 13.8. The topological polar surface area (TPSA) is 105 Å². The van der Waals surface area contributed by atoms with Gasteiger partial charge in [0.1, 0.15) is 5.82 Å². The molecule has 144 valence electrons. The molecule has 0 aliphatic heterocycles. The Balaban J connectivity index is 2.47. The van der Waals surface area contributed by atoms with Crippen LogP contribution in [0.5, 0.6) is 11.5 Å². The molecule has 1 amide bonds. The van der Waals surface area contributed by atoms with Crippen LogP contribution in [0.2, 0.25) is 0 Å². The number of amides is 1.